The summed E-state index contributed by atoms with van der Waals surface area (Å²) in [7, 11) is -3.82. The highest BCUT2D eigenvalue weighted by molar-refractivity contribution is 7.50. The fourth-order valence-electron chi connectivity index (χ4n) is 9.45. The fourth-order valence-corrected chi connectivity index (χ4v) is 10.8. The first-order valence-corrected chi connectivity index (χ1v) is 15.8. The van der Waals surface area contributed by atoms with Gasteiger partial charge in [-0.1, -0.05) is 13.8 Å². The first-order valence-electron chi connectivity index (χ1n) is 14.2. The van der Waals surface area contributed by atoms with Crippen molar-refractivity contribution in [1.82, 2.24) is 4.67 Å². The van der Waals surface area contributed by atoms with Crippen molar-refractivity contribution in [3.05, 3.63) is 34.4 Å². The molecule has 1 saturated heterocycles. The van der Waals surface area contributed by atoms with E-state index < -0.39 is 13.3 Å². The largest absolute Gasteiger partial charge is 0.431 e. The number of morpholine rings is 1. The van der Waals surface area contributed by atoms with Crippen LogP contribution in [0.3, 0.4) is 0 Å². The summed E-state index contributed by atoms with van der Waals surface area (Å²) in [6.07, 6.45) is 9.72. The third kappa shape index (κ3) is 4.13. The smallest absolute Gasteiger partial charge is 0.406 e. The van der Waals surface area contributed by atoms with Gasteiger partial charge >= 0.3 is 13.4 Å². The summed E-state index contributed by atoms with van der Waals surface area (Å²) in [6, 6.07) is 3.38. The molecule has 1 aromatic rings. The molecule has 2 N–H and O–H groups in total. The molecule has 1 aliphatic heterocycles. The first-order chi connectivity index (χ1) is 17.6. The quantitative estimate of drug-likeness (QED) is 0.534. The highest BCUT2D eigenvalue weighted by atomic mass is 31.2. The molecule has 5 aliphatic rings. The number of hydrogen-bond donors (Lipinski definition) is 2. The van der Waals surface area contributed by atoms with E-state index >= 15 is 0 Å². The number of nitrogens with zero attached hydrogens (tertiary/aromatic N) is 1. The van der Waals surface area contributed by atoms with Crippen LogP contribution in [0.4, 0.5) is 0 Å². The number of aliphatic hydroxyl groups is 1. The van der Waals surface area contributed by atoms with Crippen molar-refractivity contribution < 1.29 is 28.2 Å². The van der Waals surface area contributed by atoms with E-state index in [1.165, 1.54) is 6.07 Å². The van der Waals surface area contributed by atoms with E-state index in [0.29, 0.717) is 38.1 Å². The van der Waals surface area contributed by atoms with Gasteiger partial charge in [-0.2, -0.15) is 0 Å². The lowest BCUT2D eigenvalue weighted by Crippen LogP contribution is -2.62. The van der Waals surface area contributed by atoms with Crippen molar-refractivity contribution in [3.63, 3.8) is 0 Å². The van der Waals surface area contributed by atoms with Crippen molar-refractivity contribution in [2.45, 2.75) is 89.3 Å². The monoisotopic (exact) mass is 535 g/mol. The Kier molecular flexibility index (Phi) is 6.57. The predicted octanol–water partition coefficient (Wildman–Crippen LogP) is 4.70. The molecule has 0 radical (unpaired) electrons. The lowest BCUT2D eigenvalue weighted by atomic mass is 9.43. The molecule has 1 aromatic heterocycles. The first kappa shape index (κ1) is 26.2. The second-order valence-corrected chi connectivity index (χ2v) is 14.7. The lowest BCUT2D eigenvalue weighted by Gasteiger charge is -2.63. The molecule has 4 aliphatic carbocycles. The number of fused-ring (bicyclic) bond motifs is 5. The highest BCUT2D eigenvalue weighted by Gasteiger charge is 2.67. The molecule has 4 saturated carbocycles. The van der Waals surface area contributed by atoms with Gasteiger partial charge in [0, 0.05) is 24.6 Å². The predicted molar refractivity (Wildman–Crippen MR) is 138 cm³/mol. The third-order valence-corrected chi connectivity index (χ3v) is 13.2. The Hall–Kier alpha value is -1.02. The van der Waals surface area contributed by atoms with Crippen molar-refractivity contribution >= 4 is 7.75 Å². The van der Waals surface area contributed by atoms with Gasteiger partial charge in [-0.15, -0.1) is 0 Å². The van der Waals surface area contributed by atoms with Crippen LogP contribution < -0.4 is 5.63 Å². The van der Waals surface area contributed by atoms with Gasteiger partial charge in [0.1, 0.15) is 0 Å². The molecule has 37 heavy (non-hydrogen) atoms. The summed E-state index contributed by atoms with van der Waals surface area (Å²) in [6.45, 7) is 6.45. The fraction of sp³-hybridized carbons (Fsp3) is 0.821. The summed E-state index contributed by atoms with van der Waals surface area (Å²) >= 11 is 0. The Balaban J connectivity index is 1.18. The molecule has 5 fully saturated rings. The van der Waals surface area contributed by atoms with Gasteiger partial charge in [0.25, 0.3) is 0 Å². The Morgan fingerprint density at radius 2 is 1.81 bits per heavy atom. The molecule has 6 rings (SSSR count). The molecule has 0 aromatic carbocycles. The maximum atomic E-state index is 13.0. The summed E-state index contributed by atoms with van der Waals surface area (Å²) in [5, 5.41) is 12.4. The Labute approximate surface area is 219 Å². The minimum Gasteiger partial charge on any atom is -0.431 e. The van der Waals surface area contributed by atoms with E-state index in [0.717, 1.165) is 63.4 Å². The molecule has 9 unspecified atom stereocenters. The van der Waals surface area contributed by atoms with Gasteiger partial charge in [-0.3, -0.25) is 4.52 Å². The van der Waals surface area contributed by atoms with Crippen LogP contribution in [0.2, 0.25) is 0 Å². The lowest BCUT2D eigenvalue weighted by molar-refractivity contribution is -0.205. The molecule has 2 heterocycles. The highest BCUT2D eigenvalue weighted by Crippen LogP contribution is 2.70. The molecular weight excluding hydrogens is 493 g/mol. The molecule has 9 heteroatoms. The van der Waals surface area contributed by atoms with Crippen LogP contribution in [-0.2, 0) is 13.8 Å². The van der Waals surface area contributed by atoms with Crippen LogP contribution in [0.25, 0.3) is 0 Å². The number of ether oxygens (including phenoxy) is 1. The Morgan fingerprint density at radius 1 is 1.03 bits per heavy atom. The standard InChI is InChI=1S/C28H42NO7P/c1-26-10-7-21(36-37(32,33)29-13-15-34-16-14-29)17-20(26)4-5-24-23(26)8-11-27(2)22(9-12-28(24,27)31)19-3-6-25(30)35-18-19/h3,6,18,20-24,31H,4-5,7-17H2,1-2H3,(H,32,33). The number of rotatable bonds is 4. The second-order valence-electron chi connectivity index (χ2n) is 12.9. The normalized spacial score (nSPS) is 45.9. The molecule has 0 spiro atoms. The van der Waals surface area contributed by atoms with Crippen LogP contribution >= 0.6 is 7.75 Å². The minimum atomic E-state index is -3.82. The van der Waals surface area contributed by atoms with Crippen LogP contribution in [0, 0.1) is 28.6 Å². The SMILES string of the molecule is CC12CCC(OP(=O)(O)N3CCOCC3)CC1CCC1C2CCC2(C)C(c3ccc(=O)oc3)CCC12O. The molecule has 206 valence electrons. The van der Waals surface area contributed by atoms with E-state index in [-0.39, 0.29) is 34.4 Å². The van der Waals surface area contributed by atoms with Crippen molar-refractivity contribution in [1.29, 1.82) is 0 Å². The Bertz CT molecular complexity index is 1100. The molecule has 0 bridgehead atoms. The maximum Gasteiger partial charge on any atom is 0.406 e. The maximum absolute atomic E-state index is 13.0. The Morgan fingerprint density at radius 3 is 2.54 bits per heavy atom. The van der Waals surface area contributed by atoms with Crippen LogP contribution in [-0.4, -0.2) is 52.7 Å². The molecular formula is C28H42NO7P. The zero-order chi connectivity index (χ0) is 26.1. The minimum absolute atomic E-state index is 0.107. The van der Waals surface area contributed by atoms with Gasteiger partial charge in [-0.25, -0.2) is 14.0 Å². The average Bonchev–Trinajstić information content (AvgIpc) is 3.16. The van der Waals surface area contributed by atoms with Crippen LogP contribution in [0.1, 0.15) is 83.1 Å². The topological polar surface area (TPSA) is 109 Å². The summed E-state index contributed by atoms with van der Waals surface area (Å²) in [5.41, 5.74) is -0.161. The second kappa shape index (κ2) is 9.28. The van der Waals surface area contributed by atoms with Crippen LogP contribution in [0.5, 0.6) is 0 Å². The zero-order valence-corrected chi connectivity index (χ0v) is 23.0. The summed E-state index contributed by atoms with van der Waals surface area (Å²) in [5.74, 6) is 1.32. The van der Waals surface area contributed by atoms with Gasteiger partial charge in [-0.05, 0) is 98.5 Å². The van der Waals surface area contributed by atoms with E-state index in [9.17, 15) is 19.4 Å². The van der Waals surface area contributed by atoms with E-state index in [1.54, 1.807) is 10.9 Å². The van der Waals surface area contributed by atoms with Crippen molar-refractivity contribution in [2.75, 3.05) is 26.3 Å². The van der Waals surface area contributed by atoms with Gasteiger partial charge in [0.05, 0.1) is 31.2 Å². The van der Waals surface area contributed by atoms with Crippen LogP contribution in [0.15, 0.2) is 27.6 Å². The summed E-state index contributed by atoms with van der Waals surface area (Å²) < 4.78 is 31.0. The average molecular weight is 536 g/mol. The van der Waals surface area contributed by atoms with Gasteiger partial charge < -0.3 is 19.2 Å². The molecule has 8 nitrogen and oxygen atoms in total. The number of hydrogen-bond acceptors (Lipinski definition) is 6. The molecule has 0 amide bonds. The van der Waals surface area contributed by atoms with Crippen molar-refractivity contribution in [2.24, 2.45) is 28.6 Å². The van der Waals surface area contributed by atoms with Gasteiger partial charge in [0.15, 0.2) is 0 Å². The van der Waals surface area contributed by atoms with Gasteiger partial charge in [0.2, 0.25) is 0 Å². The summed E-state index contributed by atoms with van der Waals surface area (Å²) in [4.78, 5) is 22.2. The van der Waals surface area contributed by atoms with E-state index in [4.69, 9.17) is 13.7 Å². The third-order valence-electron chi connectivity index (χ3n) is 11.6. The zero-order valence-electron chi connectivity index (χ0n) is 22.1. The molecule has 9 atom stereocenters. The van der Waals surface area contributed by atoms with Crippen molar-refractivity contribution in [3.8, 4) is 0 Å². The van der Waals surface area contributed by atoms with E-state index in [1.807, 2.05) is 6.07 Å². The van der Waals surface area contributed by atoms with E-state index in [2.05, 4.69) is 13.8 Å².